The molecule has 88 valence electrons. The highest BCUT2D eigenvalue weighted by atomic mass is 35.5. The number of carboxylic acids is 1. The first-order chi connectivity index (χ1) is 7.24. The Morgan fingerprint density at radius 1 is 1.56 bits per heavy atom. The number of aliphatic carboxylic acids is 1. The van der Waals surface area contributed by atoms with Crippen molar-refractivity contribution < 1.29 is 15.0 Å². The van der Waals surface area contributed by atoms with Crippen molar-refractivity contribution in [3.63, 3.8) is 0 Å². The predicted octanol–water partition coefficient (Wildman–Crippen LogP) is 1.61. The van der Waals surface area contributed by atoms with Crippen LogP contribution in [0.4, 0.5) is 5.69 Å². The van der Waals surface area contributed by atoms with Crippen LogP contribution in [0.25, 0.3) is 0 Å². The fraction of sp³-hybridized carbons (Fsp3) is 0.364. The van der Waals surface area contributed by atoms with Gasteiger partial charge in [-0.1, -0.05) is 17.7 Å². The maximum Gasteiger partial charge on any atom is 0.335 e. The number of rotatable bonds is 3. The highest BCUT2D eigenvalue weighted by Crippen LogP contribution is 2.26. The van der Waals surface area contributed by atoms with Gasteiger partial charge in [0.15, 0.2) is 5.60 Å². The van der Waals surface area contributed by atoms with Crippen molar-refractivity contribution in [2.75, 3.05) is 5.73 Å². The molecule has 16 heavy (non-hydrogen) atoms. The van der Waals surface area contributed by atoms with Gasteiger partial charge in [-0.05, 0) is 31.0 Å². The lowest BCUT2D eigenvalue weighted by molar-refractivity contribution is -0.156. The number of carboxylic acid groups (broad SMARTS) is 1. The smallest absolute Gasteiger partial charge is 0.335 e. The number of halogens is 1. The largest absolute Gasteiger partial charge is 0.479 e. The molecule has 0 radical (unpaired) electrons. The second-order valence-corrected chi connectivity index (χ2v) is 4.47. The number of nitrogen functional groups attached to an aromatic ring is 1. The summed E-state index contributed by atoms with van der Waals surface area (Å²) >= 11 is 5.87. The number of hydrogen-bond donors (Lipinski definition) is 3. The van der Waals surface area contributed by atoms with Crippen molar-refractivity contribution in [3.8, 4) is 0 Å². The second-order valence-electron chi connectivity index (χ2n) is 4.06. The topological polar surface area (TPSA) is 83.5 Å². The van der Waals surface area contributed by atoms with Crippen LogP contribution in [0.2, 0.25) is 5.02 Å². The summed E-state index contributed by atoms with van der Waals surface area (Å²) in [4.78, 5) is 10.8. The van der Waals surface area contributed by atoms with E-state index in [2.05, 4.69) is 0 Å². The number of hydrogen-bond acceptors (Lipinski definition) is 3. The van der Waals surface area contributed by atoms with Crippen LogP contribution >= 0.6 is 11.6 Å². The lowest BCUT2D eigenvalue weighted by Crippen LogP contribution is -2.37. The fourth-order valence-electron chi connectivity index (χ4n) is 1.40. The molecule has 4 nitrogen and oxygen atoms in total. The molecule has 0 bridgehead atoms. The van der Waals surface area contributed by atoms with Crippen molar-refractivity contribution in [2.45, 2.75) is 25.9 Å². The first kappa shape index (κ1) is 12.8. The summed E-state index contributed by atoms with van der Waals surface area (Å²) in [6.07, 6.45) is -0.0107. The van der Waals surface area contributed by atoms with Crippen LogP contribution < -0.4 is 5.73 Å². The highest BCUT2D eigenvalue weighted by Gasteiger charge is 2.30. The molecule has 0 fully saturated rings. The first-order valence-corrected chi connectivity index (χ1v) is 5.12. The molecule has 0 amide bonds. The Kier molecular flexibility index (Phi) is 3.45. The van der Waals surface area contributed by atoms with Gasteiger partial charge in [0.2, 0.25) is 0 Å². The molecular weight excluding hydrogens is 230 g/mol. The Balaban J connectivity index is 3.04. The summed E-state index contributed by atoms with van der Waals surface area (Å²) < 4.78 is 0. The predicted molar refractivity (Wildman–Crippen MR) is 62.6 cm³/mol. The second kappa shape index (κ2) is 4.31. The molecule has 0 saturated heterocycles. The SMILES string of the molecule is Cc1cc(C[C@@](C)(O)C(=O)O)cc(Cl)c1N. The van der Waals surface area contributed by atoms with Gasteiger partial charge in [-0.3, -0.25) is 0 Å². The molecule has 0 aliphatic carbocycles. The van der Waals surface area contributed by atoms with Crippen LogP contribution in [0, 0.1) is 6.92 Å². The van der Waals surface area contributed by atoms with Crippen LogP contribution in [0.3, 0.4) is 0 Å². The molecule has 0 saturated carbocycles. The summed E-state index contributed by atoms with van der Waals surface area (Å²) in [7, 11) is 0. The highest BCUT2D eigenvalue weighted by molar-refractivity contribution is 6.33. The van der Waals surface area contributed by atoms with E-state index < -0.39 is 11.6 Å². The maximum atomic E-state index is 10.8. The zero-order valence-electron chi connectivity index (χ0n) is 9.12. The molecule has 0 unspecified atom stereocenters. The van der Waals surface area contributed by atoms with Gasteiger partial charge in [-0.2, -0.15) is 0 Å². The standard InChI is InChI=1S/C11H14ClNO3/c1-6-3-7(4-8(12)9(6)13)5-11(2,16)10(14)15/h3-4,16H,5,13H2,1-2H3,(H,14,15)/t11-/m1/s1. The zero-order valence-corrected chi connectivity index (χ0v) is 9.88. The Bertz CT molecular complexity index is 406. The third kappa shape index (κ3) is 2.65. The molecule has 5 heteroatoms. The molecule has 0 aliphatic rings. The van der Waals surface area contributed by atoms with Gasteiger partial charge in [0.25, 0.3) is 0 Å². The molecule has 0 aliphatic heterocycles. The van der Waals surface area contributed by atoms with Crippen molar-refractivity contribution in [3.05, 3.63) is 28.3 Å². The van der Waals surface area contributed by atoms with E-state index in [1.165, 1.54) is 6.92 Å². The molecule has 4 N–H and O–H groups in total. The monoisotopic (exact) mass is 243 g/mol. The number of carbonyl (C=O) groups is 1. The summed E-state index contributed by atoms with van der Waals surface area (Å²) in [5.74, 6) is -1.27. The number of anilines is 1. The third-order valence-corrected chi connectivity index (χ3v) is 2.72. The van der Waals surface area contributed by atoms with E-state index in [0.717, 1.165) is 5.56 Å². The van der Waals surface area contributed by atoms with Crippen LogP contribution in [0.15, 0.2) is 12.1 Å². The van der Waals surface area contributed by atoms with Gasteiger partial charge in [0, 0.05) is 6.42 Å². The Morgan fingerprint density at radius 2 is 2.12 bits per heavy atom. The van der Waals surface area contributed by atoms with Crippen molar-refractivity contribution in [1.82, 2.24) is 0 Å². The van der Waals surface area contributed by atoms with Crippen molar-refractivity contribution in [1.29, 1.82) is 0 Å². The number of aliphatic hydroxyl groups is 1. The molecule has 1 aromatic rings. The third-order valence-electron chi connectivity index (χ3n) is 2.41. The molecule has 1 aromatic carbocycles. The van der Waals surface area contributed by atoms with Crippen molar-refractivity contribution >= 4 is 23.3 Å². The molecule has 1 atom stereocenters. The van der Waals surface area contributed by atoms with Gasteiger partial charge < -0.3 is 15.9 Å². The average molecular weight is 244 g/mol. The minimum Gasteiger partial charge on any atom is -0.479 e. The number of aryl methyl sites for hydroxylation is 1. The summed E-state index contributed by atoms with van der Waals surface area (Å²) in [5, 5.41) is 18.8. The van der Waals surface area contributed by atoms with E-state index in [1.54, 1.807) is 19.1 Å². The Labute approximate surface area is 98.6 Å². The van der Waals surface area contributed by atoms with Crippen molar-refractivity contribution in [2.24, 2.45) is 0 Å². The summed E-state index contributed by atoms with van der Waals surface area (Å²) in [6, 6.07) is 3.29. The molecule has 0 spiro atoms. The number of nitrogens with two attached hydrogens (primary N) is 1. The zero-order chi connectivity index (χ0) is 12.5. The van der Waals surface area contributed by atoms with E-state index in [-0.39, 0.29) is 6.42 Å². The van der Waals surface area contributed by atoms with E-state index in [4.69, 9.17) is 22.4 Å². The fourth-order valence-corrected chi connectivity index (χ4v) is 1.69. The molecule has 0 aromatic heterocycles. The van der Waals surface area contributed by atoms with Gasteiger partial charge >= 0.3 is 5.97 Å². The van der Waals surface area contributed by atoms with Crippen LogP contribution in [0.1, 0.15) is 18.1 Å². The van der Waals surface area contributed by atoms with Crippen LogP contribution in [-0.2, 0) is 11.2 Å². The van der Waals surface area contributed by atoms with Gasteiger partial charge in [0.05, 0.1) is 10.7 Å². The van der Waals surface area contributed by atoms with Crippen LogP contribution in [0.5, 0.6) is 0 Å². The lowest BCUT2D eigenvalue weighted by Gasteiger charge is -2.18. The maximum absolute atomic E-state index is 10.8. The average Bonchev–Trinajstić information content (AvgIpc) is 2.13. The Morgan fingerprint density at radius 3 is 2.56 bits per heavy atom. The Hall–Kier alpha value is -1.26. The minimum atomic E-state index is -1.80. The van der Waals surface area contributed by atoms with Gasteiger partial charge in [-0.25, -0.2) is 4.79 Å². The van der Waals surface area contributed by atoms with E-state index in [1.807, 2.05) is 0 Å². The van der Waals surface area contributed by atoms with Gasteiger partial charge in [0.1, 0.15) is 0 Å². The lowest BCUT2D eigenvalue weighted by atomic mass is 9.95. The molecule has 1 rings (SSSR count). The quantitative estimate of drug-likeness (QED) is 0.705. The summed E-state index contributed by atoms with van der Waals surface area (Å²) in [6.45, 7) is 3.02. The van der Waals surface area contributed by atoms with E-state index >= 15 is 0 Å². The first-order valence-electron chi connectivity index (χ1n) is 4.74. The minimum absolute atomic E-state index is 0.0107. The number of benzene rings is 1. The normalized spacial score (nSPS) is 14.5. The summed E-state index contributed by atoms with van der Waals surface area (Å²) in [5.41, 5.74) is 5.75. The van der Waals surface area contributed by atoms with Crippen LogP contribution in [-0.4, -0.2) is 21.8 Å². The van der Waals surface area contributed by atoms with Gasteiger partial charge in [-0.15, -0.1) is 0 Å². The molecule has 0 heterocycles. The molecular formula is C11H14ClNO3. The van der Waals surface area contributed by atoms with E-state index in [0.29, 0.717) is 16.3 Å². The van der Waals surface area contributed by atoms with E-state index in [9.17, 15) is 9.90 Å².